The lowest BCUT2D eigenvalue weighted by molar-refractivity contribution is 0.565. The Balaban J connectivity index is 0.000000158. The number of nitrogens with zero attached hydrogens (tertiary/aromatic N) is 5. The van der Waals surface area contributed by atoms with Crippen molar-refractivity contribution in [2.75, 3.05) is 36.0 Å². The molecule has 2 fully saturated rings. The molecule has 0 amide bonds. The van der Waals surface area contributed by atoms with Gasteiger partial charge < -0.3 is 14.4 Å². The fourth-order valence-corrected chi connectivity index (χ4v) is 4.29. The second-order valence-electron chi connectivity index (χ2n) is 8.20. The van der Waals surface area contributed by atoms with Crippen LogP contribution in [0.3, 0.4) is 0 Å². The topological polar surface area (TPSA) is 37.2 Å². The zero-order valence-corrected chi connectivity index (χ0v) is 18.1. The van der Waals surface area contributed by atoms with E-state index in [0.29, 0.717) is 0 Å². The number of anilines is 2. The number of hydrogen-bond acceptors (Lipinski definition) is 4. The molecular formula is C25H33N5. The summed E-state index contributed by atoms with van der Waals surface area (Å²) >= 11 is 0. The summed E-state index contributed by atoms with van der Waals surface area (Å²) in [6.07, 6.45) is 13.7. The van der Waals surface area contributed by atoms with Crippen molar-refractivity contribution in [3.05, 3.63) is 61.1 Å². The summed E-state index contributed by atoms with van der Waals surface area (Å²) in [5.74, 6) is 2.36. The van der Waals surface area contributed by atoms with E-state index in [1.807, 2.05) is 31.6 Å². The second kappa shape index (κ2) is 10.3. The predicted molar refractivity (Wildman–Crippen MR) is 125 cm³/mol. The Labute approximate surface area is 180 Å². The molecular weight excluding hydrogens is 370 g/mol. The maximum atomic E-state index is 4.87. The summed E-state index contributed by atoms with van der Waals surface area (Å²) in [6.45, 7) is 4.71. The van der Waals surface area contributed by atoms with E-state index in [-0.39, 0.29) is 0 Å². The molecule has 2 saturated heterocycles. The number of rotatable bonds is 3. The van der Waals surface area contributed by atoms with Crippen LogP contribution in [0.4, 0.5) is 11.6 Å². The van der Waals surface area contributed by atoms with Crippen LogP contribution in [0.5, 0.6) is 0 Å². The van der Waals surface area contributed by atoms with Crippen molar-refractivity contribution in [2.24, 2.45) is 7.05 Å². The van der Waals surface area contributed by atoms with Crippen LogP contribution < -0.4 is 9.80 Å². The van der Waals surface area contributed by atoms with Gasteiger partial charge in [-0.15, -0.1) is 0 Å². The standard InChI is InChI=1S/C15H23N3.C10H10N2/c1-3-10-17(11-4-1)14-8-7-9-15(16-14)18-12-5-2-6-13-18;1-12-7-3-5-10(12)9-4-2-6-11-8-9/h7-9H,1-6,10-13H2;2-8H,1H3. The number of aromatic nitrogens is 3. The van der Waals surface area contributed by atoms with E-state index in [1.165, 1.54) is 82.0 Å². The van der Waals surface area contributed by atoms with Crippen molar-refractivity contribution >= 4 is 11.6 Å². The third-order valence-corrected chi connectivity index (χ3v) is 5.98. The van der Waals surface area contributed by atoms with Crippen molar-refractivity contribution in [3.63, 3.8) is 0 Å². The maximum absolute atomic E-state index is 4.87. The first kappa shape index (κ1) is 20.5. The first-order chi connectivity index (χ1) is 14.8. The van der Waals surface area contributed by atoms with E-state index in [1.54, 1.807) is 6.20 Å². The van der Waals surface area contributed by atoms with Gasteiger partial charge in [-0.25, -0.2) is 4.98 Å². The van der Waals surface area contributed by atoms with Crippen LogP contribution in [-0.2, 0) is 7.05 Å². The fourth-order valence-electron chi connectivity index (χ4n) is 4.29. The van der Waals surface area contributed by atoms with E-state index in [4.69, 9.17) is 4.98 Å². The molecule has 2 aliphatic heterocycles. The molecule has 5 heteroatoms. The minimum absolute atomic E-state index is 1.16. The monoisotopic (exact) mass is 403 g/mol. The molecule has 2 aliphatic rings. The number of pyridine rings is 2. The molecule has 158 valence electrons. The third kappa shape index (κ3) is 5.21. The first-order valence-electron chi connectivity index (χ1n) is 11.3. The van der Waals surface area contributed by atoms with Gasteiger partial charge >= 0.3 is 0 Å². The summed E-state index contributed by atoms with van der Waals surface area (Å²) in [4.78, 5) is 13.8. The molecule has 3 aromatic heterocycles. The highest BCUT2D eigenvalue weighted by molar-refractivity contribution is 5.58. The number of hydrogen-bond donors (Lipinski definition) is 0. The van der Waals surface area contributed by atoms with Crippen LogP contribution in [0.2, 0.25) is 0 Å². The molecule has 0 bridgehead atoms. The lowest BCUT2D eigenvalue weighted by Crippen LogP contribution is -2.32. The Morgan fingerprint density at radius 1 is 0.700 bits per heavy atom. The van der Waals surface area contributed by atoms with Crippen molar-refractivity contribution in [1.29, 1.82) is 0 Å². The Hall–Kier alpha value is -2.82. The van der Waals surface area contributed by atoms with Gasteiger partial charge in [0.1, 0.15) is 11.6 Å². The van der Waals surface area contributed by atoms with Crippen molar-refractivity contribution < 1.29 is 0 Å². The zero-order chi connectivity index (χ0) is 20.6. The van der Waals surface area contributed by atoms with Gasteiger partial charge in [-0.1, -0.05) is 6.07 Å². The van der Waals surface area contributed by atoms with Crippen molar-refractivity contribution in [2.45, 2.75) is 38.5 Å². The molecule has 0 aromatic carbocycles. The van der Waals surface area contributed by atoms with E-state index >= 15 is 0 Å². The maximum Gasteiger partial charge on any atom is 0.130 e. The molecule has 5 nitrogen and oxygen atoms in total. The van der Waals surface area contributed by atoms with Crippen LogP contribution in [-0.4, -0.2) is 40.7 Å². The molecule has 30 heavy (non-hydrogen) atoms. The van der Waals surface area contributed by atoms with E-state index in [9.17, 15) is 0 Å². The predicted octanol–water partition coefficient (Wildman–Crippen LogP) is 5.15. The molecule has 5 heterocycles. The number of aryl methyl sites for hydroxylation is 1. The lowest BCUT2D eigenvalue weighted by Gasteiger charge is -2.31. The van der Waals surface area contributed by atoms with Crippen LogP contribution in [0.1, 0.15) is 38.5 Å². The average Bonchev–Trinajstić information content (AvgIpc) is 3.27. The summed E-state index contributed by atoms with van der Waals surface area (Å²) in [7, 11) is 2.03. The minimum atomic E-state index is 1.16. The van der Waals surface area contributed by atoms with Gasteiger partial charge in [0.25, 0.3) is 0 Å². The SMILES string of the molecule is Cn1cccc1-c1cccnc1.c1cc(N2CCCCC2)nc(N2CCCCC2)c1. The second-order valence-corrected chi connectivity index (χ2v) is 8.20. The van der Waals surface area contributed by atoms with Gasteiger partial charge in [-0.3, -0.25) is 4.98 Å². The molecule has 0 atom stereocenters. The fraction of sp³-hybridized carbons (Fsp3) is 0.440. The van der Waals surface area contributed by atoms with Crippen molar-refractivity contribution in [3.8, 4) is 11.3 Å². The molecule has 5 rings (SSSR count). The highest BCUT2D eigenvalue weighted by Crippen LogP contribution is 2.23. The number of piperidine rings is 2. The molecule has 0 unspecified atom stereocenters. The quantitative estimate of drug-likeness (QED) is 0.606. The highest BCUT2D eigenvalue weighted by atomic mass is 15.2. The smallest absolute Gasteiger partial charge is 0.130 e. The Morgan fingerprint density at radius 3 is 1.83 bits per heavy atom. The van der Waals surface area contributed by atoms with Crippen molar-refractivity contribution in [1.82, 2.24) is 14.5 Å². The first-order valence-corrected chi connectivity index (χ1v) is 11.3. The van der Waals surface area contributed by atoms with Gasteiger partial charge in [-0.2, -0.15) is 0 Å². The van der Waals surface area contributed by atoms with Gasteiger partial charge in [0.05, 0.1) is 0 Å². The summed E-state index contributed by atoms with van der Waals surface area (Å²) in [6, 6.07) is 14.6. The zero-order valence-electron chi connectivity index (χ0n) is 18.1. The molecule has 0 radical (unpaired) electrons. The Kier molecular flexibility index (Phi) is 7.01. The average molecular weight is 404 g/mol. The van der Waals surface area contributed by atoms with Crippen LogP contribution in [0.25, 0.3) is 11.3 Å². The summed E-state index contributed by atoms with van der Waals surface area (Å²) in [5, 5.41) is 0. The highest BCUT2D eigenvalue weighted by Gasteiger charge is 2.15. The van der Waals surface area contributed by atoms with Gasteiger partial charge in [0.15, 0.2) is 0 Å². The summed E-state index contributed by atoms with van der Waals surface area (Å²) < 4.78 is 2.08. The van der Waals surface area contributed by atoms with E-state index < -0.39 is 0 Å². The minimum Gasteiger partial charge on any atom is -0.357 e. The van der Waals surface area contributed by atoms with Crippen LogP contribution in [0, 0.1) is 0 Å². The molecule has 0 spiro atoms. The molecule has 0 N–H and O–H groups in total. The largest absolute Gasteiger partial charge is 0.357 e. The van der Waals surface area contributed by atoms with Gasteiger partial charge in [0.2, 0.25) is 0 Å². The Bertz CT molecular complexity index is 859. The summed E-state index contributed by atoms with van der Waals surface area (Å²) in [5.41, 5.74) is 2.35. The normalized spacial score (nSPS) is 16.7. The van der Waals surface area contributed by atoms with Gasteiger partial charge in [-0.05, 0) is 74.9 Å². The van der Waals surface area contributed by atoms with Crippen LogP contribution in [0.15, 0.2) is 61.1 Å². The van der Waals surface area contributed by atoms with E-state index in [0.717, 1.165) is 5.56 Å². The molecule has 0 saturated carbocycles. The lowest BCUT2D eigenvalue weighted by atomic mass is 10.1. The molecule has 0 aliphatic carbocycles. The third-order valence-electron chi connectivity index (χ3n) is 5.98. The van der Waals surface area contributed by atoms with Crippen LogP contribution >= 0.6 is 0 Å². The Morgan fingerprint density at radius 2 is 1.33 bits per heavy atom. The van der Waals surface area contributed by atoms with Gasteiger partial charge in [0, 0.05) is 63.1 Å². The molecule has 3 aromatic rings. The van der Waals surface area contributed by atoms with E-state index in [2.05, 4.69) is 49.7 Å².